The second kappa shape index (κ2) is 10.8. The minimum atomic E-state index is 0.150. The summed E-state index contributed by atoms with van der Waals surface area (Å²) in [7, 11) is 2.17. The first-order chi connectivity index (χ1) is 18.2. The van der Waals surface area contributed by atoms with Gasteiger partial charge in [0.1, 0.15) is 12.4 Å². The van der Waals surface area contributed by atoms with E-state index >= 15 is 0 Å². The van der Waals surface area contributed by atoms with Crippen LogP contribution in [0.1, 0.15) is 41.6 Å². The molecule has 0 radical (unpaired) electrons. The van der Waals surface area contributed by atoms with Gasteiger partial charge in [-0.15, -0.1) is 0 Å². The van der Waals surface area contributed by atoms with E-state index in [1.165, 1.54) is 28.8 Å². The molecule has 5 heterocycles. The second-order valence-corrected chi connectivity index (χ2v) is 10.7. The molecule has 2 fully saturated rings. The number of rotatable bonds is 6. The van der Waals surface area contributed by atoms with Crippen LogP contribution in [0.5, 0.6) is 6.01 Å². The summed E-state index contributed by atoms with van der Waals surface area (Å²) < 4.78 is 12.1. The van der Waals surface area contributed by atoms with Crippen molar-refractivity contribution in [1.29, 1.82) is 5.26 Å². The predicted octanol–water partition coefficient (Wildman–Crippen LogP) is 2.28. The minimum absolute atomic E-state index is 0.150. The highest BCUT2D eigenvalue weighted by Crippen LogP contribution is 2.35. The molecule has 0 aliphatic carbocycles. The third-order valence-electron chi connectivity index (χ3n) is 8.34. The number of fused-ring (bicyclic) bond motifs is 2. The molecule has 0 saturated carbocycles. The molecule has 196 valence electrons. The summed E-state index contributed by atoms with van der Waals surface area (Å²) in [5.74, 6) is 0.988. The van der Waals surface area contributed by atoms with Gasteiger partial charge in [-0.1, -0.05) is 12.1 Å². The lowest BCUT2D eigenvalue weighted by molar-refractivity contribution is 0.111. The lowest BCUT2D eigenvalue weighted by atomic mass is 9.98. The number of nitriles is 1. The van der Waals surface area contributed by atoms with Crippen molar-refractivity contribution in [2.45, 2.75) is 57.3 Å². The van der Waals surface area contributed by atoms with E-state index in [0.29, 0.717) is 31.7 Å². The van der Waals surface area contributed by atoms with E-state index in [2.05, 4.69) is 51.3 Å². The van der Waals surface area contributed by atoms with Crippen molar-refractivity contribution in [3.05, 3.63) is 40.6 Å². The van der Waals surface area contributed by atoms with E-state index in [9.17, 15) is 5.26 Å². The standard InChI is InChI=1S/C28H37N7O2/c1-33-12-3-5-22(33)18-37-28-31-25-17-34(26-6-2-4-20-9-15-36-19-24(20)26)13-8-23(25)27(32-28)35-14-11-30-21(16-35)7-10-29/h2,4,6,21-22,30H,3,5,7-9,11-19H2,1H3/t21-,22-/m0/s1. The number of benzene rings is 1. The number of nitrogens with one attached hydrogen (secondary N) is 1. The molecule has 0 bridgehead atoms. The van der Waals surface area contributed by atoms with Crippen LogP contribution in [0.3, 0.4) is 0 Å². The zero-order valence-corrected chi connectivity index (χ0v) is 21.8. The molecule has 6 rings (SSSR count). The molecular formula is C28H37N7O2. The average molecular weight is 504 g/mol. The monoisotopic (exact) mass is 503 g/mol. The molecule has 4 aliphatic rings. The van der Waals surface area contributed by atoms with Gasteiger partial charge in [0.2, 0.25) is 0 Å². The fraction of sp³-hybridized carbons (Fsp3) is 0.607. The molecule has 1 aromatic heterocycles. The largest absolute Gasteiger partial charge is 0.462 e. The van der Waals surface area contributed by atoms with Gasteiger partial charge in [-0.05, 0) is 50.9 Å². The van der Waals surface area contributed by atoms with Gasteiger partial charge in [0.25, 0.3) is 0 Å². The molecule has 1 aromatic carbocycles. The number of nitrogens with zero attached hydrogens (tertiary/aromatic N) is 6. The number of hydrogen-bond acceptors (Lipinski definition) is 9. The van der Waals surface area contributed by atoms with E-state index in [4.69, 9.17) is 19.4 Å². The van der Waals surface area contributed by atoms with Gasteiger partial charge in [0, 0.05) is 55.1 Å². The number of ether oxygens (including phenoxy) is 2. The van der Waals surface area contributed by atoms with Gasteiger partial charge >= 0.3 is 6.01 Å². The lowest BCUT2D eigenvalue weighted by Gasteiger charge is -2.38. The molecule has 2 atom stereocenters. The molecule has 2 saturated heterocycles. The molecule has 1 N–H and O–H groups in total. The first-order valence-electron chi connectivity index (χ1n) is 13.7. The molecule has 0 unspecified atom stereocenters. The van der Waals surface area contributed by atoms with Crippen molar-refractivity contribution < 1.29 is 9.47 Å². The number of likely N-dealkylation sites (N-methyl/N-ethyl adjacent to an activating group) is 1. The van der Waals surface area contributed by atoms with Crippen LogP contribution in [-0.4, -0.2) is 79.9 Å². The first-order valence-corrected chi connectivity index (χ1v) is 13.7. The van der Waals surface area contributed by atoms with Crippen LogP contribution < -0.4 is 19.9 Å². The summed E-state index contributed by atoms with van der Waals surface area (Å²) in [5, 5.41) is 12.7. The molecule has 0 spiro atoms. The van der Waals surface area contributed by atoms with Crippen molar-refractivity contribution in [1.82, 2.24) is 20.2 Å². The van der Waals surface area contributed by atoms with Crippen LogP contribution in [-0.2, 0) is 30.7 Å². The van der Waals surface area contributed by atoms with E-state index in [-0.39, 0.29) is 6.04 Å². The fourth-order valence-electron chi connectivity index (χ4n) is 6.22. The minimum Gasteiger partial charge on any atom is -0.462 e. The molecule has 37 heavy (non-hydrogen) atoms. The zero-order chi connectivity index (χ0) is 25.2. The molecule has 2 aromatic rings. The maximum Gasteiger partial charge on any atom is 0.318 e. The summed E-state index contributed by atoms with van der Waals surface area (Å²) in [4.78, 5) is 17.1. The van der Waals surface area contributed by atoms with E-state index in [1.807, 2.05) is 0 Å². The number of piperazine rings is 1. The Bertz CT molecular complexity index is 1170. The molecular weight excluding hydrogens is 466 g/mol. The Hall–Kier alpha value is -2.93. The van der Waals surface area contributed by atoms with Gasteiger partial charge in [0.05, 0.1) is 37.9 Å². The summed E-state index contributed by atoms with van der Waals surface area (Å²) in [6, 6.07) is 9.98. The number of anilines is 2. The molecule has 9 nitrogen and oxygen atoms in total. The van der Waals surface area contributed by atoms with Gasteiger partial charge in [-0.25, -0.2) is 0 Å². The molecule has 9 heteroatoms. The van der Waals surface area contributed by atoms with Crippen molar-refractivity contribution in [2.75, 3.05) is 62.8 Å². The predicted molar refractivity (Wildman–Crippen MR) is 142 cm³/mol. The first kappa shape index (κ1) is 24.4. The summed E-state index contributed by atoms with van der Waals surface area (Å²) >= 11 is 0. The zero-order valence-electron chi connectivity index (χ0n) is 21.8. The Kier molecular flexibility index (Phi) is 7.14. The quantitative estimate of drug-likeness (QED) is 0.638. The van der Waals surface area contributed by atoms with Gasteiger partial charge in [-0.3, -0.25) is 0 Å². The Labute approximate surface area is 219 Å². The van der Waals surface area contributed by atoms with Crippen LogP contribution in [0.2, 0.25) is 0 Å². The third-order valence-corrected chi connectivity index (χ3v) is 8.34. The number of likely N-dealkylation sites (tertiary alicyclic amines) is 1. The van der Waals surface area contributed by atoms with Crippen LogP contribution in [0, 0.1) is 11.3 Å². The molecule has 0 amide bonds. The summed E-state index contributed by atoms with van der Waals surface area (Å²) in [6.07, 6.45) is 4.71. The third kappa shape index (κ3) is 5.11. The SMILES string of the molecule is CN1CCC[C@H]1COc1nc2c(c(N3CCN[C@@H](CC#N)C3)n1)CCN(c1cccc3c1COCC3)C2. The van der Waals surface area contributed by atoms with Gasteiger partial charge in [0.15, 0.2) is 0 Å². The summed E-state index contributed by atoms with van der Waals surface area (Å²) in [5.41, 5.74) is 6.24. The van der Waals surface area contributed by atoms with Crippen LogP contribution in [0.25, 0.3) is 0 Å². The topological polar surface area (TPSA) is 89.8 Å². The maximum absolute atomic E-state index is 9.26. The number of aromatic nitrogens is 2. The Morgan fingerprint density at radius 2 is 2.11 bits per heavy atom. The average Bonchev–Trinajstić information content (AvgIpc) is 3.35. The Balaban J connectivity index is 1.30. The van der Waals surface area contributed by atoms with Crippen LogP contribution in [0.15, 0.2) is 18.2 Å². The normalized spacial score (nSPS) is 23.9. The maximum atomic E-state index is 9.26. The fourth-order valence-corrected chi connectivity index (χ4v) is 6.22. The molecule has 4 aliphatic heterocycles. The summed E-state index contributed by atoms with van der Waals surface area (Å²) in [6.45, 7) is 7.33. The Morgan fingerprint density at radius 3 is 2.97 bits per heavy atom. The van der Waals surface area contributed by atoms with Crippen molar-refractivity contribution in [3.63, 3.8) is 0 Å². The highest BCUT2D eigenvalue weighted by molar-refractivity contribution is 5.60. The van der Waals surface area contributed by atoms with E-state index in [0.717, 1.165) is 76.6 Å². The highest BCUT2D eigenvalue weighted by Gasteiger charge is 2.30. The van der Waals surface area contributed by atoms with E-state index in [1.54, 1.807) is 0 Å². The second-order valence-electron chi connectivity index (χ2n) is 10.7. The highest BCUT2D eigenvalue weighted by atomic mass is 16.5. The Morgan fingerprint density at radius 1 is 1.16 bits per heavy atom. The van der Waals surface area contributed by atoms with Gasteiger partial charge in [-0.2, -0.15) is 15.2 Å². The lowest BCUT2D eigenvalue weighted by Crippen LogP contribution is -2.51. The smallest absolute Gasteiger partial charge is 0.318 e. The van der Waals surface area contributed by atoms with Crippen LogP contribution >= 0.6 is 0 Å². The van der Waals surface area contributed by atoms with Gasteiger partial charge < -0.3 is 29.5 Å². The van der Waals surface area contributed by atoms with Crippen LogP contribution in [0.4, 0.5) is 11.5 Å². The van der Waals surface area contributed by atoms with Crippen molar-refractivity contribution in [2.24, 2.45) is 0 Å². The number of hydrogen-bond donors (Lipinski definition) is 1. The van der Waals surface area contributed by atoms with E-state index < -0.39 is 0 Å². The van der Waals surface area contributed by atoms with Crippen molar-refractivity contribution in [3.8, 4) is 12.1 Å². The van der Waals surface area contributed by atoms with Crippen molar-refractivity contribution >= 4 is 11.5 Å².